The minimum atomic E-state index is 0.393. The Hall–Kier alpha value is -2.54. The number of benzene rings is 3. The molecular formula is C22H19N. The van der Waals surface area contributed by atoms with Crippen molar-refractivity contribution in [3.05, 3.63) is 90.0 Å². The van der Waals surface area contributed by atoms with Crippen LogP contribution >= 0.6 is 0 Å². The topological polar surface area (TPSA) is 12.0 Å². The summed E-state index contributed by atoms with van der Waals surface area (Å²) >= 11 is 0. The van der Waals surface area contributed by atoms with Crippen molar-refractivity contribution in [3.63, 3.8) is 0 Å². The summed E-state index contributed by atoms with van der Waals surface area (Å²) in [6.07, 6.45) is 5.94. The Bertz CT molecular complexity index is 894. The number of hydrogen-bond acceptors (Lipinski definition) is 1. The van der Waals surface area contributed by atoms with E-state index in [1.807, 2.05) is 0 Å². The molecule has 0 fully saturated rings. The van der Waals surface area contributed by atoms with Gasteiger partial charge >= 0.3 is 0 Å². The minimum absolute atomic E-state index is 0.393. The second-order valence-electron chi connectivity index (χ2n) is 6.63. The predicted molar refractivity (Wildman–Crippen MR) is 96.7 cm³/mol. The average molecular weight is 297 g/mol. The molecular weight excluding hydrogens is 278 g/mol. The lowest BCUT2D eigenvalue weighted by Gasteiger charge is -2.38. The molecule has 0 amide bonds. The first-order valence-electron chi connectivity index (χ1n) is 8.41. The van der Waals surface area contributed by atoms with Crippen LogP contribution in [0.25, 0.3) is 10.8 Å². The number of anilines is 1. The van der Waals surface area contributed by atoms with E-state index in [0.29, 0.717) is 17.9 Å². The van der Waals surface area contributed by atoms with Gasteiger partial charge in [-0.3, -0.25) is 0 Å². The molecule has 1 aliphatic carbocycles. The van der Waals surface area contributed by atoms with Crippen LogP contribution in [-0.4, -0.2) is 0 Å². The van der Waals surface area contributed by atoms with Crippen molar-refractivity contribution in [2.45, 2.75) is 18.4 Å². The Labute approximate surface area is 136 Å². The quantitative estimate of drug-likeness (QED) is 0.571. The lowest BCUT2D eigenvalue weighted by atomic mass is 9.75. The van der Waals surface area contributed by atoms with Crippen molar-refractivity contribution in [2.24, 2.45) is 5.92 Å². The second kappa shape index (κ2) is 4.99. The van der Waals surface area contributed by atoms with Crippen LogP contribution in [-0.2, 0) is 0 Å². The highest BCUT2D eigenvalue weighted by atomic mass is 15.0. The third kappa shape index (κ3) is 1.93. The summed E-state index contributed by atoms with van der Waals surface area (Å²) < 4.78 is 0. The molecule has 1 heterocycles. The van der Waals surface area contributed by atoms with Gasteiger partial charge in [0.1, 0.15) is 0 Å². The summed E-state index contributed by atoms with van der Waals surface area (Å²) in [4.78, 5) is 0. The monoisotopic (exact) mass is 297 g/mol. The van der Waals surface area contributed by atoms with Crippen LogP contribution in [0.2, 0.25) is 0 Å². The van der Waals surface area contributed by atoms with Gasteiger partial charge in [-0.05, 0) is 40.3 Å². The molecule has 3 atom stereocenters. The van der Waals surface area contributed by atoms with E-state index in [4.69, 9.17) is 0 Å². The van der Waals surface area contributed by atoms with Crippen molar-refractivity contribution < 1.29 is 0 Å². The van der Waals surface area contributed by atoms with Crippen molar-refractivity contribution in [2.75, 3.05) is 5.32 Å². The molecule has 112 valence electrons. The van der Waals surface area contributed by atoms with Gasteiger partial charge in [0.15, 0.2) is 0 Å². The van der Waals surface area contributed by atoms with Gasteiger partial charge in [0.2, 0.25) is 0 Å². The molecule has 0 saturated carbocycles. The molecule has 0 aromatic heterocycles. The van der Waals surface area contributed by atoms with Crippen LogP contribution < -0.4 is 5.32 Å². The van der Waals surface area contributed by atoms with Crippen molar-refractivity contribution in [1.82, 2.24) is 0 Å². The largest absolute Gasteiger partial charge is 0.378 e. The summed E-state index contributed by atoms with van der Waals surface area (Å²) in [6, 6.07) is 24.5. The zero-order valence-corrected chi connectivity index (χ0v) is 12.9. The molecule has 3 aromatic carbocycles. The molecule has 1 N–H and O–H groups in total. The molecule has 1 heteroatoms. The van der Waals surface area contributed by atoms with Crippen LogP contribution in [0.15, 0.2) is 78.9 Å². The molecule has 0 saturated heterocycles. The van der Waals surface area contributed by atoms with Gasteiger partial charge in [0.25, 0.3) is 0 Å². The zero-order chi connectivity index (χ0) is 15.2. The minimum Gasteiger partial charge on any atom is -0.378 e. The van der Waals surface area contributed by atoms with Crippen molar-refractivity contribution in [3.8, 4) is 0 Å². The first kappa shape index (κ1) is 13.0. The highest BCUT2D eigenvalue weighted by Crippen LogP contribution is 2.51. The summed E-state index contributed by atoms with van der Waals surface area (Å²) in [6.45, 7) is 0. The smallest absolute Gasteiger partial charge is 0.0553 e. The first-order valence-corrected chi connectivity index (χ1v) is 8.41. The van der Waals surface area contributed by atoms with E-state index in [1.54, 1.807) is 0 Å². The van der Waals surface area contributed by atoms with E-state index in [9.17, 15) is 0 Å². The van der Waals surface area contributed by atoms with Crippen molar-refractivity contribution in [1.29, 1.82) is 0 Å². The number of fused-ring (bicyclic) bond motifs is 5. The fourth-order valence-electron chi connectivity index (χ4n) is 4.37. The Morgan fingerprint density at radius 2 is 1.65 bits per heavy atom. The number of allylic oxidation sites excluding steroid dienone is 2. The van der Waals surface area contributed by atoms with E-state index in [1.165, 1.54) is 27.6 Å². The summed E-state index contributed by atoms with van der Waals surface area (Å²) in [5.41, 5.74) is 4.17. The summed E-state index contributed by atoms with van der Waals surface area (Å²) in [7, 11) is 0. The second-order valence-corrected chi connectivity index (χ2v) is 6.63. The molecule has 0 unspecified atom stereocenters. The molecule has 0 bridgehead atoms. The Balaban J connectivity index is 1.71. The van der Waals surface area contributed by atoms with Gasteiger partial charge in [-0.25, -0.2) is 0 Å². The third-order valence-corrected chi connectivity index (χ3v) is 5.41. The lowest BCUT2D eigenvalue weighted by molar-refractivity contribution is 0.427. The van der Waals surface area contributed by atoms with E-state index in [-0.39, 0.29) is 0 Å². The van der Waals surface area contributed by atoms with Crippen molar-refractivity contribution >= 4 is 16.5 Å². The van der Waals surface area contributed by atoms with E-state index in [0.717, 1.165) is 6.42 Å². The van der Waals surface area contributed by atoms with Gasteiger partial charge in [-0.15, -0.1) is 0 Å². The SMILES string of the molecule is C1=C[C@@H]2c3c(ccc4ccccc34)N[C@H](c3ccccc3)[C@@H]2C1. The molecule has 1 nitrogen and oxygen atoms in total. The van der Waals surface area contributed by atoms with E-state index < -0.39 is 0 Å². The highest BCUT2D eigenvalue weighted by molar-refractivity contribution is 5.91. The van der Waals surface area contributed by atoms with Crippen LogP contribution in [0.5, 0.6) is 0 Å². The van der Waals surface area contributed by atoms with Gasteiger partial charge in [0.05, 0.1) is 6.04 Å². The number of nitrogens with one attached hydrogen (secondary N) is 1. The van der Waals surface area contributed by atoms with Crippen LogP contribution in [0.3, 0.4) is 0 Å². The number of rotatable bonds is 1. The van der Waals surface area contributed by atoms with Crippen LogP contribution in [0.4, 0.5) is 5.69 Å². The first-order chi connectivity index (χ1) is 11.4. The van der Waals surface area contributed by atoms with Gasteiger partial charge < -0.3 is 5.32 Å². The Morgan fingerprint density at radius 3 is 2.57 bits per heavy atom. The zero-order valence-electron chi connectivity index (χ0n) is 12.9. The third-order valence-electron chi connectivity index (χ3n) is 5.41. The van der Waals surface area contributed by atoms with Gasteiger partial charge in [-0.2, -0.15) is 0 Å². The summed E-state index contributed by atoms with van der Waals surface area (Å²) in [5, 5.41) is 6.57. The normalized spacial score (nSPS) is 25.0. The fraction of sp³-hybridized carbons (Fsp3) is 0.182. The number of hydrogen-bond donors (Lipinski definition) is 1. The van der Waals surface area contributed by atoms with Crippen LogP contribution in [0, 0.1) is 5.92 Å². The molecule has 0 radical (unpaired) electrons. The van der Waals surface area contributed by atoms with Crippen LogP contribution in [0.1, 0.15) is 29.5 Å². The summed E-state index contributed by atoms with van der Waals surface area (Å²) in [5.74, 6) is 1.12. The maximum atomic E-state index is 3.84. The molecule has 3 aromatic rings. The Morgan fingerprint density at radius 1 is 0.826 bits per heavy atom. The molecule has 2 aliphatic rings. The highest BCUT2D eigenvalue weighted by Gasteiger charge is 2.38. The van der Waals surface area contributed by atoms with Gasteiger partial charge in [-0.1, -0.05) is 72.8 Å². The molecule has 1 aliphatic heterocycles. The van der Waals surface area contributed by atoms with E-state index >= 15 is 0 Å². The molecule has 0 spiro atoms. The molecule has 5 rings (SSSR count). The maximum absolute atomic E-state index is 3.84. The average Bonchev–Trinajstić information content (AvgIpc) is 3.11. The fourth-order valence-corrected chi connectivity index (χ4v) is 4.37. The van der Waals surface area contributed by atoms with E-state index in [2.05, 4.69) is 84.2 Å². The maximum Gasteiger partial charge on any atom is 0.0553 e. The Kier molecular flexibility index (Phi) is 2.81. The predicted octanol–water partition coefficient (Wildman–Crippen LogP) is 5.67. The molecule has 23 heavy (non-hydrogen) atoms. The lowest BCUT2D eigenvalue weighted by Crippen LogP contribution is -2.29. The van der Waals surface area contributed by atoms with Gasteiger partial charge in [0, 0.05) is 11.6 Å². The standard InChI is InChI=1S/C22H19N/c1-2-8-16(9-3-1)22-19-12-6-11-18(19)21-17-10-5-4-7-15(17)13-14-20(21)23-22/h1-11,13-14,18-19,22-23H,12H2/t18-,19+,22+/m0/s1.